The molecule has 0 aliphatic heterocycles. The van der Waals surface area contributed by atoms with E-state index in [1.165, 1.54) is 0 Å². The monoisotopic (exact) mass is 94.0 g/mol. The maximum Gasteiger partial charge on any atom is 0.0225 e. The van der Waals surface area contributed by atoms with Gasteiger partial charge in [0.05, 0.1) is 0 Å². The molecular formula is H2N2S2. The average molecular weight is 94.2 g/mol. The second kappa shape index (κ2) is 3.62. The van der Waals surface area contributed by atoms with Crippen LogP contribution >= 0.6 is 22.0 Å². The van der Waals surface area contributed by atoms with E-state index in [1.54, 1.807) is 0 Å². The van der Waals surface area contributed by atoms with Crippen molar-refractivity contribution < 1.29 is 0 Å². The maximum atomic E-state index is 6.14. The van der Waals surface area contributed by atoms with Crippen molar-refractivity contribution in [3.05, 3.63) is 0 Å². The maximum absolute atomic E-state index is 6.14. The van der Waals surface area contributed by atoms with Crippen molar-refractivity contribution in [1.29, 1.82) is 0 Å². The standard InChI is InChI=1S/H2N2S2/c1-3-4-2/h1-2H. The minimum absolute atomic E-state index is 0.690. The Kier molecular flexibility index (Phi) is 4.18. The van der Waals surface area contributed by atoms with Crippen molar-refractivity contribution >= 4 is 22.0 Å². The number of rotatable bonds is 1. The summed E-state index contributed by atoms with van der Waals surface area (Å²) >= 11 is 0. The zero-order valence-corrected chi connectivity index (χ0v) is 3.45. The van der Waals surface area contributed by atoms with E-state index in [4.69, 9.17) is 10.3 Å². The average Bonchev–Trinajstić information content (AvgIpc) is 1.37. The van der Waals surface area contributed by atoms with E-state index in [0.29, 0.717) is 22.0 Å². The number of hydrogen-bond acceptors (Lipinski definition) is 2. The molecule has 2 nitrogen and oxygen atoms in total. The van der Waals surface area contributed by atoms with Crippen molar-refractivity contribution in [3.63, 3.8) is 0 Å². The third kappa shape index (κ3) is 2.62. The van der Waals surface area contributed by atoms with Crippen LogP contribution in [-0.2, 0) is 0 Å². The van der Waals surface area contributed by atoms with E-state index in [1.807, 2.05) is 0 Å². The van der Waals surface area contributed by atoms with Gasteiger partial charge in [-0.15, -0.1) is 0 Å². The second-order valence-corrected chi connectivity index (χ2v) is 1.50. The van der Waals surface area contributed by atoms with Gasteiger partial charge in [0.25, 0.3) is 0 Å². The van der Waals surface area contributed by atoms with Crippen molar-refractivity contribution in [2.24, 2.45) is 0 Å². The first-order chi connectivity index (χ1) is 1.91. The van der Waals surface area contributed by atoms with E-state index in [0.717, 1.165) is 0 Å². The predicted molar refractivity (Wildman–Crippen MR) is 21.4 cm³/mol. The Morgan fingerprint density at radius 1 is 1.00 bits per heavy atom. The first kappa shape index (κ1) is 4.62. The van der Waals surface area contributed by atoms with Crippen LogP contribution in [0.4, 0.5) is 0 Å². The smallest absolute Gasteiger partial charge is 0.0225 e. The highest BCUT2D eigenvalue weighted by molar-refractivity contribution is 8.74. The van der Waals surface area contributed by atoms with Crippen molar-refractivity contribution in [2.45, 2.75) is 0 Å². The molecule has 0 rings (SSSR count). The topological polar surface area (TPSA) is 47.6 Å². The lowest BCUT2D eigenvalue weighted by atomic mass is 13.9. The lowest BCUT2D eigenvalue weighted by Crippen LogP contribution is -1.42. The largest absolute Gasteiger partial charge is 0.180 e. The Hall–Kier alpha value is 0.620. The lowest BCUT2D eigenvalue weighted by molar-refractivity contribution is 1.92. The highest BCUT2D eigenvalue weighted by atomic mass is 33.1. The summed E-state index contributed by atoms with van der Waals surface area (Å²) in [6, 6.07) is 0. The van der Waals surface area contributed by atoms with E-state index < -0.39 is 0 Å². The van der Waals surface area contributed by atoms with Crippen LogP contribution in [0.3, 0.4) is 0 Å². The molecule has 0 saturated heterocycles. The van der Waals surface area contributed by atoms with Gasteiger partial charge in [0.2, 0.25) is 0 Å². The molecule has 0 aromatic rings. The molecule has 0 heterocycles. The molecule has 0 saturated carbocycles. The van der Waals surface area contributed by atoms with Crippen LogP contribution in [0.5, 0.6) is 0 Å². The molecule has 4 heavy (non-hydrogen) atoms. The minimum atomic E-state index is 0.690. The van der Waals surface area contributed by atoms with Crippen LogP contribution < -0.4 is 10.3 Å². The summed E-state index contributed by atoms with van der Waals surface area (Å²) in [4.78, 5) is 0. The zero-order valence-electron chi connectivity index (χ0n) is 1.82. The van der Waals surface area contributed by atoms with Gasteiger partial charge in [-0.2, -0.15) is 10.3 Å². The minimum Gasteiger partial charge on any atom is -0.180 e. The fourth-order valence-corrected chi connectivity index (χ4v) is 0. The van der Waals surface area contributed by atoms with E-state index >= 15 is 0 Å². The van der Waals surface area contributed by atoms with Gasteiger partial charge < -0.3 is 0 Å². The molecular weight excluding hydrogens is 92.1 g/mol. The van der Waals surface area contributed by atoms with Gasteiger partial charge in [-0.05, 0) is 0 Å². The molecule has 0 aromatic carbocycles. The summed E-state index contributed by atoms with van der Waals surface area (Å²) in [5.41, 5.74) is 0. The highest BCUT2D eigenvalue weighted by Gasteiger charge is 1.59. The van der Waals surface area contributed by atoms with Crippen LogP contribution in [0.1, 0.15) is 0 Å². The third-order valence-corrected chi connectivity index (χ3v) is 0.375. The van der Waals surface area contributed by atoms with Gasteiger partial charge in [-0.3, -0.25) is 0 Å². The van der Waals surface area contributed by atoms with E-state index in [2.05, 4.69) is 0 Å². The fourth-order valence-electron chi connectivity index (χ4n) is 0. The molecule has 0 bridgehead atoms. The molecule has 2 N–H and O–H groups in total. The molecule has 0 aromatic heterocycles. The van der Waals surface area contributed by atoms with Crippen LogP contribution in [0.15, 0.2) is 0 Å². The van der Waals surface area contributed by atoms with Crippen LogP contribution in [-0.4, -0.2) is 0 Å². The summed E-state index contributed by atoms with van der Waals surface area (Å²) in [6.45, 7) is 0. The van der Waals surface area contributed by atoms with Crippen molar-refractivity contribution in [3.8, 4) is 0 Å². The van der Waals surface area contributed by atoms with Crippen LogP contribution in [0.25, 0.3) is 0 Å². The first-order valence-corrected chi connectivity index (χ1v) is 2.72. The molecule has 0 aliphatic carbocycles. The highest BCUT2D eigenvalue weighted by Crippen LogP contribution is 2.05. The molecule has 0 unspecified atom stereocenters. The normalized spacial score (nSPS) is 7.50. The summed E-state index contributed by atoms with van der Waals surface area (Å²) in [5, 5.41) is 12.3. The Balaban J connectivity index is 1.97. The molecule has 0 aliphatic rings. The third-order valence-electron chi connectivity index (χ3n) is 0.0417. The molecule has 2 radical (unpaired) electrons. The Labute approximate surface area is 33.0 Å². The molecule has 0 fully saturated rings. The predicted octanol–water partition coefficient (Wildman–Crippen LogP) is 0.764. The van der Waals surface area contributed by atoms with Gasteiger partial charge in [0, 0.05) is 22.0 Å². The van der Waals surface area contributed by atoms with Crippen LogP contribution in [0, 0.1) is 0 Å². The van der Waals surface area contributed by atoms with Gasteiger partial charge in [-0.1, -0.05) is 0 Å². The number of nitrogens with one attached hydrogen (secondary N) is 2. The second-order valence-electron chi connectivity index (χ2n) is 0.167. The number of hydrogen-bond donors (Lipinski definition) is 0. The van der Waals surface area contributed by atoms with Crippen molar-refractivity contribution in [1.82, 2.24) is 10.3 Å². The first-order valence-electron chi connectivity index (χ1n) is 0.575. The summed E-state index contributed by atoms with van der Waals surface area (Å²) in [7, 11) is 1.38. The molecule has 0 spiro atoms. The molecule has 4 heteroatoms. The van der Waals surface area contributed by atoms with E-state index in [-0.39, 0.29) is 0 Å². The molecule has 0 atom stereocenters. The summed E-state index contributed by atoms with van der Waals surface area (Å²) in [5.74, 6) is 0. The van der Waals surface area contributed by atoms with Gasteiger partial charge in [-0.25, -0.2) is 0 Å². The quantitative estimate of drug-likeness (QED) is 0.356. The Morgan fingerprint density at radius 2 is 1.25 bits per heavy atom. The summed E-state index contributed by atoms with van der Waals surface area (Å²) in [6.07, 6.45) is 0. The van der Waals surface area contributed by atoms with Gasteiger partial charge in [0.1, 0.15) is 0 Å². The lowest BCUT2D eigenvalue weighted by Gasteiger charge is -1.65. The van der Waals surface area contributed by atoms with Gasteiger partial charge in [0.15, 0.2) is 0 Å². The molecule has 24 valence electrons. The van der Waals surface area contributed by atoms with Crippen LogP contribution in [0.2, 0.25) is 0 Å². The van der Waals surface area contributed by atoms with E-state index in [9.17, 15) is 0 Å². The van der Waals surface area contributed by atoms with Crippen molar-refractivity contribution in [2.75, 3.05) is 0 Å². The zero-order chi connectivity index (χ0) is 3.41. The fraction of sp³-hybridized carbons (Fsp3) is 0. The Bertz CT molecular complexity index is 6.00. The molecule has 0 amide bonds. The summed E-state index contributed by atoms with van der Waals surface area (Å²) < 4.78 is 0. The van der Waals surface area contributed by atoms with Gasteiger partial charge >= 0.3 is 0 Å². The SMILES string of the molecule is [NH]SS[NH]. The Morgan fingerprint density at radius 3 is 1.25 bits per heavy atom.